The second kappa shape index (κ2) is 20.5. The number of Topliss-reactive ketones (excluding diaryl/α,β-unsaturated/α-hetero) is 1. The molecule has 268 valence electrons. The first-order chi connectivity index (χ1) is 22.0. The van der Waals surface area contributed by atoms with E-state index >= 15 is 0 Å². The zero-order chi connectivity index (χ0) is 35.8. The van der Waals surface area contributed by atoms with E-state index < -0.39 is 58.9 Å². The third-order valence-electron chi connectivity index (χ3n) is 8.64. The van der Waals surface area contributed by atoms with Crippen molar-refractivity contribution in [3.8, 4) is 0 Å². The largest absolute Gasteiger partial charge is 0.481 e. The van der Waals surface area contributed by atoms with Crippen LogP contribution in [0.25, 0.3) is 0 Å². The van der Waals surface area contributed by atoms with Gasteiger partial charge in [0.1, 0.15) is 5.60 Å². The van der Waals surface area contributed by atoms with Gasteiger partial charge in [-0.15, -0.1) is 0 Å². The Bertz CT molecular complexity index is 1100. The summed E-state index contributed by atoms with van der Waals surface area (Å²) in [5, 5.41) is 19.8. The molecule has 0 aromatic heterocycles. The topological polar surface area (TPSA) is 173 Å². The van der Waals surface area contributed by atoms with Crippen LogP contribution in [0.4, 0.5) is 5.69 Å². The second-order valence-electron chi connectivity index (χ2n) is 14.4. The molecule has 1 unspecified atom stereocenters. The van der Waals surface area contributed by atoms with Gasteiger partial charge >= 0.3 is 11.9 Å². The van der Waals surface area contributed by atoms with Crippen molar-refractivity contribution < 1.29 is 34.1 Å². The minimum Gasteiger partial charge on any atom is -0.481 e. The van der Waals surface area contributed by atoms with Crippen molar-refractivity contribution >= 4 is 29.3 Å². The average molecular weight is 662 g/mol. The Hall–Kier alpha value is -2.82. The number of carbonyl (C=O) groups excluding carboxylic acids is 3. The number of esters is 1. The Labute approximate surface area is 283 Å². The number of benzene rings is 1. The molecule has 0 heterocycles. The van der Waals surface area contributed by atoms with Crippen LogP contribution in [0.2, 0.25) is 0 Å². The van der Waals surface area contributed by atoms with Gasteiger partial charge in [-0.1, -0.05) is 97.3 Å². The van der Waals surface area contributed by atoms with Crippen molar-refractivity contribution in [3.05, 3.63) is 30.3 Å². The number of nitrogens with zero attached hydrogens (tertiary/aromatic N) is 1. The Kier molecular flexibility index (Phi) is 18.4. The number of carbonyl (C=O) groups is 4. The Morgan fingerprint density at radius 3 is 1.89 bits per heavy atom. The molecule has 10 heteroatoms. The molecule has 47 heavy (non-hydrogen) atoms. The SMILES string of the molecule is CC[C@H](C)[C@@](C(=O)OC(C)(C)C)(C(=O)C(N)CCCCCCCCCCC(=O)O)N(C(=O)C[C@H](O)[C@@H](N)CC(C)C)c1ccccc1. The Morgan fingerprint density at radius 2 is 1.40 bits per heavy atom. The number of anilines is 1. The number of unbranched alkanes of at least 4 members (excludes halogenated alkanes) is 7. The monoisotopic (exact) mass is 661 g/mol. The molecule has 0 saturated carbocycles. The van der Waals surface area contributed by atoms with Crippen molar-refractivity contribution in [1.82, 2.24) is 0 Å². The van der Waals surface area contributed by atoms with Crippen molar-refractivity contribution in [2.45, 2.75) is 161 Å². The number of ether oxygens (including phenoxy) is 1. The number of nitrogens with two attached hydrogens (primary N) is 2. The third kappa shape index (κ3) is 13.7. The van der Waals surface area contributed by atoms with Crippen LogP contribution >= 0.6 is 0 Å². The Morgan fingerprint density at radius 1 is 0.872 bits per heavy atom. The van der Waals surface area contributed by atoms with Crippen LogP contribution in [0.1, 0.15) is 132 Å². The first kappa shape index (κ1) is 42.2. The Balaban J connectivity index is 3.41. The number of aliphatic carboxylic acids is 1. The average Bonchev–Trinajstić information content (AvgIpc) is 2.98. The fourth-order valence-corrected chi connectivity index (χ4v) is 5.98. The fraction of sp³-hybridized carbons (Fsp3) is 0.730. The number of hydrogen-bond acceptors (Lipinski definition) is 8. The van der Waals surface area contributed by atoms with Crippen LogP contribution in [-0.2, 0) is 23.9 Å². The molecule has 0 aliphatic carbocycles. The number of aliphatic hydroxyl groups excluding tert-OH is 1. The molecule has 0 fully saturated rings. The van der Waals surface area contributed by atoms with E-state index in [9.17, 15) is 24.3 Å². The molecule has 5 atom stereocenters. The first-order valence-electron chi connectivity index (χ1n) is 17.6. The number of amides is 1. The smallest absolute Gasteiger partial charge is 0.341 e. The van der Waals surface area contributed by atoms with E-state index in [1.807, 2.05) is 20.8 Å². The molecular weight excluding hydrogens is 598 g/mol. The second-order valence-corrected chi connectivity index (χ2v) is 14.4. The molecule has 0 aliphatic rings. The van der Waals surface area contributed by atoms with Crippen LogP contribution in [-0.4, -0.2) is 63.2 Å². The van der Waals surface area contributed by atoms with E-state index in [0.717, 1.165) is 38.5 Å². The summed E-state index contributed by atoms with van der Waals surface area (Å²) in [6.45, 7) is 12.7. The maximum atomic E-state index is 14.7. The lowest BCUT2D eigenvalue weighted by Crippen LogP contribution is -2.70. The van der Waals surface area contributed by atoms with Crippen LogP contribution in [0.5, 0.6) is 0 Å². The number of hydrogen-bond donors (Lipinski definition) is 4. The maximum Gasteiger partial charge on any atom is 0.341 e. The highest BCUT2D eigenvalue weighted by molar-refractivity contribution is 6.19. The molecule has 0 radical (unpaired) electrons. The molecule has 0 bridgehead atoms. The van der Waals surface area contributed by atoms with Crippen molar-refractivity contribution in [3.63, 3.8) is 0 Å². The lowest BCUT2D eigenvalue weighted by molar-refractivity contribution is -0.168. The molecule has 0 spiro atoms. The van der Waals surface area contributed by atoms with Crippen LogP contribution in [0.3, 0.4) is 0 Å². The first-order valence-corrected chi connectivity index (χ1v) is 17.6. The van der Waals surface area contributed by atoms with Gasteiger partial charge in [0.2, 0.25) is 11.4 Å². The number of carboxylic acid groups (broad SMARTS) is 1. The summed E-state index contributed by atoms with van der Waals surface area (Å²) in [7, 11) is 0. The summed E-state index contributed by atoms with van der Waals surface area (Å²) in [4.78, 5) is 55.5. The van der Waals surface area contributed by atoms with Crippen LogP contribution < -0.4 is 16.4 Å². The van der Waals surface area contributed by atoms with Crippen LogP contribution in [0, 0.1) is 11.8 Å². The highest BCUT2D eigenvalue weighted by atomic mass is 16.6. The molecule has 6 N–H and O–H groups in total. The summed E-state index contributed by atoms with van der Waals surface area (Å²) in [6, 6.07) is 6.86. The van der Waals surface area contributed by atoms with E-state index in [1.54, 1.807) is 58.0 Å². The quantitative estimate of drug-likeness (QED) is 0.0609. The molecule has 1 amide bonds. The van der Waals surface area contributed by atoms with Crippen molar-refractivity contribution in [2.24, 2.45) is 23.3 Å². The van der Waals surface area contributed by atoms with Gasteiger partial charge in [0.15, 0.2) is 5.78 Å². The minimum absolute atomic E-state index is 0.198. The molecular formula is C37H63N3O7. The molecule has 10 nitrogen and oxygen atoms in total. The molecule has 1 rings (SSSR count). The van der Waals surface area contributed by atoms with Crippen LogP contribution in [0.15, 0.2) is 30.3 Å². The van der Waals surface area contributed by atoms with Gasteiger partial charge in [-0.25, -0.2) is 4.79 Å². The zero-order valence-corrected chi connectivity index (χ0v) is 30.0. The van der Waals surface area contributed by atoms with Gasteiger partial charge in [0, 0.05) is 18.2 Å². The zero-order valence-electron chi connectivity index (χ0n) is 30.0. The van der Waals surface area contributed by atoms with Gasteiger partial charge in [-0.2, -0.15) is 0 Å². The van der Waals surface area contributed by atoms with Gasteiger partial charge < -0.3 is 26.4 Å². The number of aliphatic hydroxyl groups is 1. The van der Waals surface area contributed by atoms with Gasteiger partial charge in [-0.3, -0.25) is 19.3 Å². The predicted molar refractivity (Wildman–Crippen MR) is 187 cm³/mol. The number of carboxylic acids is 1. The highest BCUT2D eigenvalue weighted by Gasteiger charge is 2.59. The highest BCUT2D eigenvalue weighted by Crippen LogP contribution is 2.38. The lowest BCUT2D eigenvalue weighted by Gasteiger charge is -2.46. The van der Waals surface area contributed by atoms with Crippen molar-refractivity contribution in [2.75, 3.05) is 4.90 Å². The van der Waals surface area contributed by atoms with E-state index in [4.69, 9.17) is 21.3 Å². The lowest BCUT2D eigenvalue weighted by atomic mass is 9.74. The molecule has 0 saturated heterocycles. The number of para-hydroxylation sites is 1. The minimum atomic E-state index is -2.09. The predicted octanol–water partition coefficient (Wildman–Crippen LogP) is 6.15. The molecule has 1 aromatic carbocycles. The van der Waals surface area contributed by atoms with Gasteiger partial charge in [0.25, 0.3) is 0 Å². The normalized spacial score (nSPS) is 15.7. The van der Waals surface area contributed by atoms with Gasteiger partial charge in [-0.05, 0) is 64.0 Å². The summed E-state index contributed by atoms with van der Waals surface area (Å²) >= 11 is 0. The summed E-state index contributed by atoms with van der Waals surface area (Å²) in [5.74, 6) is -3.29. The number of ketones is 1. The summed E-state index contributed by atoms with van der Waals surface area (Å²) in [6.07, 6.45) is 6.87. The molecule has 0 aliphatic heterocycles. The third-order valence-corrected chi connectivity index (χ3v) is 8.64. The van der Waals surface area contributed by atoms with Crippen molar-refractivity contribution in [1.29, 1.82) is 0 Å². The van der Waals surface area contributed by atoms with E-state index in [0.29, 0.717) is 37.8 Å². The van der Waals surface area contributed by atoms with E-state index in [2.05, 4.69) is 0 Å². The molecule has 1 aromatic rings. The summed E-state index contributed by atoms with van der Waals surface area (Å²) in [5.41, 5.74) is 10.2. The standard InChI is InChI=1S/C37H63N3O7/c1-8-27(4)37(35(46)47-36(5,6)7,34(45)29(38)22-18-13-11-9-10-12-14-19-23-33(43)44)40(28-20-16-15-17-21-28)32(42)25-31(41)30(39)24-26(2)3/h15-17,20-21,26-27,29-31,41H,8-14,18-19,22-25,38-39H2,1-7H3,(H,43,44)/t27-,29?,30-,31-,37-/m0/s1. The maximum absolute atomic E-state index is 14.7. The number of rotatable bonds is 23. The van der Waals surface area contributed by atoms with Gasteiger partial charge in [0.05, 0.1) is 18.6 Å². The van der Waals surface area contributed by atoms with E-state index in [-0.39, 0.29) is 18.8 Å². The summed E-state index contributed by atoms with van der Waals surface area (Å²) < 4.78 is 5.94. The fourth-order valence-electron chi connectivity index (χ4n) is 5.98. The van der Waals surface area contributed by atoms with E-state index in [1.165, 1.54) is 4.90 Å².